The Balaban J connectivity index is 2.04. The van der Waals surface area contributed by atoms with Gasteiger partial charge in [-0.3, -0.25) is 0 Å². The summed E-state index contributed by atoms with van der Waals surface area (Å²) in [6.45, 7) is 4.12. The minimum Gasteiger partial charge on any atom is -0.370 e. The van der Waals surface area contributed by atoms with Gasteiger partial charge in [0.2, 0.25) is 0 Å². The van der Waals surface area contributed by atoms with Crippen molar-refractivity contribution in [3.63, 3.8) is 0 Å². The molecule has 20 heavy (non-hydrogen) atoms. The van der Waals surface area contributed by atoms with E-state index < -0.39 is 0 Å². The van der Waals surface area contributed by atoms with Crippen LogP contribution in [-0.4, -0.2) is 23.6 Å². The zero-order valence-corrected chi connectivity index (χ0v) is 13.1. The lowest BCUT2D eigenvalue weighted by molar-refractivity contribution is -0.0649. The van der Waals surface area contributed by atoms with E-state index in [0.29, 0.717) is 5.92 Å². The van der Waals surface area contributed by atoms with Crippen molar-refractivity contribution >= 4 is 12.2 Å². The third-order valence-electron chi connectivity index (χ3n) is 4.74. The molecule has 2 heterocycles. The molecule has 0 aromatic carbocycles. The second-order valence-corrected chi connectivity index (χ2v) is 6.56. The fourth-order valence-corrected chi connectivity index (χ4v) is 3.87. The zero-order chi connectivity index (χ0) is 14.2. The highest BCUT2D eigenvalue weighted by atomic mass is 32.1. The molecule has 2 aliphatic rings. The van der Waals surface area contributed by atoms with E-state index in [9.17, 15) is 0 Å². The van der Waals surface area contributed by atoms with Crippen molar-refractivity contribution in [2.45, 2.75) is 51.2 Å². The van der Waals surface area contributed by atoms with E-state index in [1.54, 1.807) is 7.11 Å². The molecule has 2 atom stereocenters. The molecule has 0 radical (unpaired) electrons. The number of hydrogen-bond acceptors (Lipinski definition) is 4. The van der Waals surface area contributed by atoms with E-state index in [1.807, 2.05) is 0 Å². The summed E-state index contributed by atoms with van der Waals surface area (Å²) in [5, 5.41) is 3.35. The maximum Gasteiger partial charge on any atom is 0.140 e. The predicted molar refractivity (Wildman–Crippen MR) is 81.2 cm³/mol. The van der Waals surface area contributed by atoms with Gasteiger partial charge in [0.05, 0.1) is 0 Å². The van der Waals surface area contributed by atoms with Gasteiger partial charge in [-0.15, -0.1) is 0 Å². The standard InChI is InChI=1S/C15H23N3OS/c1-10-4-3-6-15(8-10,19-2)14-17-12-5-7-16-9-11(12)13(20)18-14/h10,16H,3-9H2,1-2H3,(H,17,18,20). The molecule has 1 aromatic heterocycles. The SMILES string of the molecule is COC1(c2nc(=S)c3c([nH]2)CCNC3)CCCC(C)C1. The number of hydrogen-bond donors (Lipinski definition) is 2. The quantitative estimate of drug-likeness (QED) is 0.823. The third-order valence-corrected chi connectivity index (χ3v) is 5.07. The fourth-order valence-electron chi connectivity index (χ4n) is 3.58. The van der Waals surface area contributed by atoms with Crippen LogP contribution in [0.3, 0.4) is 0 Å². The van der Waals surface area contributed by atoms with Crippen molar-refractivity contribution in [2.75, 3.05) is 13.7 Å². The van der Waals surface area contributed by atoms with E-state index >= 15 is 0 Å². The number of H-pyrrole nitrogens is 1. The Morgan fingerprint density at radius 2 is 2.30 bits per heavy atom. The van der Waals surface area contributed by atoms with Gasteiger partial charge in [-0.2, -0.15) is 0 Å². The van der Waals surface area contributed by atoms with Crippen molar-refractivity contribution in [2.24, 2.45) is 5.92 Å². The Morgan fingerprint density at radius 1 is 1.45 bits per heavy atom. The molecule has 110 valence electrons. The molecule has 2 N–H and O–H groups in total. The Labute approximate surface area is 125 Å². The number of nitrogens with one attached hydrogen (secondary N) is 2. The topological polar surface area (TPSA) is 49.9 Å². The predicted octanol–water partition coefficient (Wildman–Crippen LogP) is 2.84. The molecule has 2 unspecified atom stereocenters. The maximum atomic E-state index is 5.93. The first kappa shape index (κ1) is 14.2. The first-order valence-electron chi connectivity index (χ1n) is 7.53. The maximum absolute atomic E-state index is 5.93. The summed E-state index contributed by atoms with van der Waals surface area (Å²) in [4.78, 5) is 8.23. The molecule has 1 fully saturated rings. The van der Waals surface area contributed by atoms with Gasteiger partial charge < -0.3 is 15.0 Å². The lowest BCUT2D eigenvalue weighted by Crippen LogP contribution is -2.37. The zero-order valence-electron chi connectivity index (χ0n) is 12.3. The van der Waals surface area contributed by atoms with Crippen LogP contribution in [-0.2, 0) is 23.3 Å². The van der Waals surface area contributed by atoms with Gasteiger partial charge in [0.1, 0.15) is 16.1 Å². The molecule has 0 amide bonds. The minimum absolute atomic E-state index is 0.273. The molecule has 3 rings (SSSR count). The molecular formula is C15H23N3OS. The van der Waals surface area contributed by atoms with Crippen molar-refractivity contribution < 1.29 is 4.74 Å². The summed E-state index contributed by atoms with van der Waals surface area (Å²) in [5.41, 5.74) is 2.13. The van der Waals surface area contributed by atoms with E-state index in [4.69, 9.17) is 17.0 Å². The number of fused-ring (bicyclic) bond motifs is 1. The highest BCUT2D eigenvalue weighted by molar-refractivity contribution is 7.71. The van der Waals surface area contributed by atoms with Crippen LogP contribution < -0.4 is 5.32 Å². The number of aromatic amines is 1. The summed E-state index contributed by atoms with van der Waals surface area (Å²) in [7, 11) is 1.80. The summed E-state index contributed by atoms with van der Waals surface area (Å²) in [5.74, 6) is 1.61. The van der Waals surface area contributed by atoms with Crippen molar-refractivity contribution in [3.05, 3.63) is 21.7 Å². The molecule has 1 aromatic rings. The average Bonchev–Trinajstić information content (AvgIpc) is 2.47. The van der Waals surface area contributed by atoms with Crippen LogP contribution in [0.4, 0.5) is 0 Å². The van der Waals surface area contributed by atoms with Crippen LogP contribution >= 0.6 is 12.2 Å². The van der Waals surface area contributed by atoms with Gasteiger partial charge in [0.25, 0.3) is 0 Å². The van der Waals surface area contributed by atoms with Crippen molar-refractivity contribution in [1.29, 1.82) is 0 Å². The van der Waals surface area contributed by atoms with Gasteiger partial charge in [-0.25, -0.2) is 4.98 Å². The Bertz CT molecular complexity index is 557. The lowest BCUT2D eigenvalue weighted by atomic mass is 9.78. The smallest absolute Gasteiger partial charge is 0.140 e. The van der Waals surface area contributed by atoms with Gasteiger partial charge >= 0.3 is 0 Å². The van der Waals surface area contributed by atoms with Crippen LogP contribution in [0, 0.1) is 10.6 Å². The van der Waals surface area contributed by atoms with E-state index in [2.05, 4.69) is 22.2 Å². The van der Waals surface area contributed by atoms with Gasteiger partial charge in [0, 0.05) is 37.9 Å². The van der Waals surface area contributed by atoms with Crippen LogP contribution in [0.5, 0.6) is 0 Å². The molecule has 0 bridgehead atoms. The highest BCUT2D eigenvalue weighted by Gasteiger charge is 2.39. The Hall–Kier alpha value is -0.780. The molecule has 0 spiro atoms. The van der Waals surface area contributed by atoms with Gasteiger partial charge in [-0.05, 0) is 25.2 Å². The Morgan fingerprint density at radius 3 is 3.05 bits per heavy atom. The molecule has 1 aliphatic heterocycles. The van der Waals surface area contributed by atoms with Crippen molar-refractivity contribution in [3.8, 4) is 0 Å². The summed E-state index contributed by atoms with van der Waals surface area (Å²) in [6, 6.07) is 0. The minimum atomic E-state index is -0.273. The number of methoxy groups -OCH3 is 1. The van der Waals surface area contributed by atoms with Crippen LogP contribution in [0.1, 0.15) is 49.7 Å². The normalized spacial score (nSPS) is 30.0. The number of ether oxygens (including phenoxy) is 1. The molecule has 1 saturated carbocycles. The fraction of sp³-hybridized carbons (Fsp3) is 0.733. The monoisotopic (exact) mass is 293 g/mol. The molecule has 5 heteroatoms. The molecule has 0 saturated heterocycles. The van der Waals surface area contributed by atoms with Crippen LogP contribution in [0.25, 0.3) is 0 Å². The highest BCUT2D eigenvalue weighted by Crippen LogP contribution is 2.41. The van der Waals surface area contributed by atoms with E-state index in [-0.39, 0.29) is 5.60 Å². The van der Waals surface area contributed by atoms with Gasteiger partial charge in [0.15, 0.2) is 0 Å². The average molecular weight is 293 g/mol. The third kappa shape index (κ3) is 2.43. The van der Waals surface area contributed by atoms with E-state index in [1.165, 1.54) is 18.5 Å². The van der Waals surface area contributed by atoms with Crippen LogP contribution in [0.15, 0.2) is 0 Å². The van der Waals surface area contributed by atoms with Crippen molar-refractivity contribution in [1.82, 2.24) is 15.3 Å². The number of aromatic nitrogens is 2. The first-order chi connectivity index (χ1) is 9.64. The molecule has 1 aliphatic carbocycles. The lowest BCUT2D eigenvalue weighted by Gasteiger charge is -2.38. The summed E-state index contributed by atoms with van der Waals surface area (Å²) < 4.78 is 6.66. The second-order valence-electron chi connectivity index (χ2n) is 6.17. The summed E-state index contributed by atoms with van der Waals surface area (Å²) in [6.07, 6.45) is 5.52. The molecule has 4 nitrogen and oxygen atoms in total. The first-order valence-corrected chi connectivity index (χ1v) is 7.94. The van der Waals surface area contributed by atoms with Crippen LogP contribution in [0.2, 0.25) is 0 Å². The van der Waals surface area contributed by atoms with E-state index in [0.717, 1.165) is 48.4 Å². The van der Waals surface area contributed by atoms with Gasteiger partial charge in [-0.1, -0.05) is 25.6 Å². The Kier molecular flexibility index (Phi) is 3.93. The number of rotatable bonds is 2. The summed E-state index contributed by atoms with van der Waals surface area (Å²) >= 11 is 5.50. The largest absolute Gasteiger partial charge is 0.370 e. The molecular weight excluding hydrogens is 270 g/mol. The number of nitrogens with zero attached hydrogens (tertiary/aromatic N) is 1. The second kappa shape index (κ2) is 5.54.